The highest BCUT2D eigenvalue weighted by atomic mass is 32.2. The van der Waals surface area contributed by atoms with Gasteiger partial charge in [0.1, 0.15) is 0 Å². The minimum atomic E-state index is -3.50. The molecule has 0 aliphatic rings. The zero-order valence-electron chi connectivity index (χ0n) is 6.86. The molecule has 0 fully saturated rings. The van der Waals surface area contributed by atoms with E-state index in [9.17, 15) is 13.2 Å². The van der Waals surface area contributed by atoms with Crippen LogP contribution in [0.1, 0.15) is 19.8 Å². The predicted molar refractivity (Wildman–Crippen MR) is 41.8 cm³/mol. The average molecular weight is 196 g/mol. The van der Waals surface area contributed by atoms with Crippen molar-refractivity contribution in [3.8, 4) is 0 Å². The van der Waals surface area contributed by atoms with E-state index in [1.54, 1.807) is 0 Å². The average Bonchev–Trinajstić information content (AvgIpc) is 2.01. The molecular weight excluding hydrogens is 184 g/mol. The zero-order valence-corrected chi connectivity index (χ0v) is 7.67. The van der Waals surface area contributed by atoms with Gasteiger partial charge in [-0.1, -0.05) is 13.3 Å². The van der Waals surface area contributed by atoms with Gasteiger partial charge in [0.2, 0.25) is 6.79 Å². The molecular formula is C6H12O5S. The summed E-state index contributed by atoms with van der Waals surface area (Å²) in [7, 11) is -3.50. The van der Waals surface area contributed by atoms with Gasteiger partial charge in [-0.25, -0.2) is 4.18 Å². The van der Waals surface area contributed by atoms with Crippen LogP contribution in [0.15, 0.2) is 0 Å². The molecule has 0 rings (SSSR count). The van der Waals surface area contributed by atoms with Gasteiger partial charge in [0, 0.05) is 0 Å². The van der Waals surface area contributed by atoms with Crippen LogP contribution >= 0.6 is 0 Å². The molecule has 0 radical (unpaired) electrons. The van der Waals surface area contributed by atoms with Crippen LogP contribution < -0.4 is 0 Å². The summed E-state index contributed by atoms with van der Waals surface area (Å²) in [6.45, 7) is 1.47. The second-order valence-electron chi connectivity index (χ2n) is 2.11. The van der Waals surface area contributed by atoms with Gasteiger partial charge >= 0.3 is 0 Å². The van der Waals surface area contributed by atoms with Crippen LogP contribution in [0.25, 0.3) is 0 Å². The van der Waals surface area contributed by atoms with Gasteiger partial charge in [0.25, 0.3) is 16.6 Å². The van der Waals surface area contributed by atoms with Crippen molar-refractivity contribution in [3.63, 3.8) is 0 Å². The van der Waals surface area contributed by atoms with Crippen LogP contribution in [-0.4, -0.2) is 27.4 Å². The van der Waals surface area contributed by atoms with Gasteiger partial charge < -0.3 is 4.74 Å². The van der Waals surface area contributed by atoms with Crippen LogP contribution in [0.5, 0.6) is 0 Å². The van der Waals surface area contributed by atoms with Gasteiger partial charge in [-0.2, -0.15) is 8.42 Å². The fraction of sp³-hybridized carbons (Fsp3) is 0.833. The number of ether oxygens (including phenoxy) is 1. The molecule has 5 nitrogen and oxygen atoms in total. The molecule has 0 atom stereocenters. The van der Waals surface area contributed by atoms with E-state index in [1.165, 1.54) is 0 Å². The smallest absolute Gasteiger partial charge is 0.295 e. The summed E-state index contributed by atoms with van der Waals surface area (Å²) in [5.74, 6) is -0.0360. The topological polar surface area (TPSA) is 69.7 Å². The number of hydrogen-bond acceptors (Lipinski definition) is 5. The first kappa shape index (κ1) is 11.4. The van der Waals surface area contributed by atoms with Crippen molar-refractivity contribution in [1.82, 2.24) is 0 Å². The first-order valence-electron chi connectivity index (χ1n) is 3.54. The van der Waals surface area contributed by atoms with E-state index in [2.05, 4.69) is 8.92 Å². The third-order valence-electron chi connectivity index (χ3n) is 1.11. The number of hydrogen-bond donors (Lipinski definition) is 0. The van der Waals surface area contributed by atoms with Gasteiger partial charge in [-0.05, 0) is 6.42 Å². The summed E-state index contributed by atoms with van der Waals surface area (Å²) in [5.41, 5.74) is 0. The first-order valence-corrected chi connectivity index (χ1v) is 5.12. The molecule has 6 heteroatoms. The number of unbranched alkanes of at least 4 members (excludes halogenated alkanes) is 1. The highest BCUT2D eigenvalue weighted by molar-refractivity contribution is 7.86. The molecule has 0 heterocycles. The van der Waals surface area contributed by atoms with Crippen LogP contribution in [0.3, 0.4) is 0 Å². The lowest BCUT2D eigenvalue weighted by molar-refractivity contribution is -0.134. The Hall–Kier alpha value is -0.620. The van der Waals surface area contributed by atoms with E-state index in [0.717, 1.165) is 6.42 Å². The molecule has 0 aromatic heterocycles. The Morgan fingerprint density at radius 1 is 1.42 bits per heavy atom. The van der Waals surface area contributed by atoms with Crippen molar-refractivity contribution in [2.75, 3.05) is 12.5 Å². The predicted octanol–water partition coefficient (Wildman–Crippen LogP) is 0.263. The molecule has 0 saturated heterocycles. The minimum absolute atomic E-state index is 0.0360. The maximum Gasteiger partial charge on any atom is 0.295 e. The van der Waals surface area contributed by atoms with Gasteiger partial charge in [0.05, 0.1) is 5.75 Å². The van der Waals surface area contributed by atoms with Crippen LogP contribution in [-0.2, 0) is 23.8 Å². The highest BCUT2D eigenvalue weighted by Gasteiger charge is 2.09. The van der Waals surface area contributed by atoms with Crippen molar-refractivity contribution in [2.45, 2.75) is 19.8 Å². The molecule has 0 aromatic rings. The summed E-state index contributed by atoms with van der Waals surface area (Å²) in [6, 6.07) is 0. The lowest BCUT2D eigenvalue weighted by Crippen LogP contribution is -2.12. The molecule has 0 unspecified atom stereocenters. The fourth-order valence-electron chi connectivity index (χ4n) is 0.509. The van der Waals surface area contributed by atoms with E-state index >= 15 is 0 Å². The molecule has 0 amide bonds. The van der Waals surface area contributed by atoms with Crippen LogP contribution in [0.4, 0.5) is 0 Å². The maximum atomic E-state index is 10.8. The molecule has 0 saturated carbocycles. The number of carbonyl (C=O) groups excluding carboxylic acids is 1. The summed E-state index contributed by atoms with van der Waals surface area (Å²) >= 11 is 0. The number of rotatable bonds is 7. The molecule has 0 aromatic carbocycles. The summed E-state index contributed by atoms with van der Waals surface area (Å²) in [5, 5.41) is 0. The molecule has 0 aliphatic heterocycles. The molecule has 0 N–H and O–H groups in total. The third-order valence-corrected chi connectivity index (χ3v) is 2.36. The van der Waals surface area contributed by atoms with E-state index in [1.807, 2.05) is 6.92 Å². The second kappa shape index (κ2) is 5.96. The van der Waals surface area contributed by atoms with Crippen LogP contribution in [0, 0.1) is 0 Å². The largest absolute Gasteiger partial charge is 0.439 e. The SMILES string of the molecule is CCCCS(=O)(=O)OCOC=O. The molecule has 0 bridgehead atoms. The van der Waals surface area contributed by atoms with E-state index in [4.69, 9.17) is 0 Å². The molecule has 12 heavy (non-hydrogen) atoms. The molecule has 72 valence electrons. The Morgan fingerprint density at radius 3 is 2.58 bits per heavy atom. The van der Waals surface area contributed by atoms with Gasteiger partial charge in [-0.15, -0.1) is 0 Å². The Balaban J connectivity index is 3.64. The maximum absolute atomic E-state index is 10.8. The number of carbonyl (C=O) groups is 1. The lowest BCUT2D eigenvalue weighted by atomic mass is 10.4. The second-order valence-corrected chi connectivity index (χ2v) is 3.87. The van der Waals surface area contributed by atoms with E-state index in [-0.39, 0.29) is 12.2 Å². The fourth-order valence-corrected chi connectivity index (χ4v) is 1.47. The van der Waals surface area contributed by atoms with Crippen molar-refractivity contribution in [3.05, 3.63) is 0 Å². The monoisotopic (exact) mass is 196 g/mol. The quantitative estimate of drug-likeness (QED) is 0.253. The molecule has 0 spiro atoms. The minimum Gasteiger partial charge on any atom is -0.439 e. The van der Waals surface area contributed by atoms with E-state index < -0.39 is 16.9 Å². The molecule has 0 aliphatic carbocycles. The highest BCUT2D eigenvalue weighted by Crippen LogP contribution is 1.98. The van der Waals surface area contributed by atoms with Gasteiger partial charge in [0.15, 0.2) is 0 Å². The summed E-state index contributed by atoms with van der Waals surface area (Å²) in [4.78, 5) is 9.61. The normalized spacial score (nSPS) is 11.1. The van der Waals surface area contributed by atoms with Crippen molar-refractivity contribution in [1.29, 1.82) is 0 Å². The third kappa shape index (κ3) is 6.11. The Kier molecular flexibility index (Phi) is 5.65. The first-order chi connectivity index (χ1) is 5.62. The Bertz CT molecular complexity index is 208. The van der Waals surface area contributed by atoms with Crippen molar-refractivity contribution in [2.24, 2.45) is 0 Å². The summed E-state index contributed by atoms with van der Waals surface area (Å²) < 4.78 is 30.1. The van der Waals surface area contributed by atoms with E-state index in [0.29, 0.717) is 6.42 Å². The van der Waals surface area contributed by atoms with Crippen LogP contribution in [0.2, 0.25) is 0 Å². The Labute approximate surface area is 71.8 Å². The zero-order chi connectivity index (χ0) is 9.45. The Morgan fingerprint density at radius 2 is 2.08 bits per heavy atom. The van der Waals surface area contributed by atoms with Crippen molar-refractivity contribution < 1.29 is 22.1 Å². The summed E-state index contributed by atoms with van der Waals surface area (Å²) in [6.07, 6.45) is 1.32. The van der Waals surface area contributed by atoms with Gasteiger partial charge in [-0.3, -0.25) is 4.79 Å². The standard InChI is InChI=1S/C6H12O5S/c1-2-3-4-12(8,9)11-6-10-5-7/h5H,2-4,6H2,1H3. The van der Waals surface area contributed by atoms with Crippen molar-refractivity contribution >= 4 is 16.6 Å². The lowest BCUT2D eigenvalue weighted by Gasteiger charge is -2.02.